The van der Waals surface area contributed by atoms with Gasteiger partial charge in [-0.2, -0.15) is 13.2 Å². The van der Waals surface area contributed by atoms with E-state index in [9.17, 15) is 18.0 Å². The van der Waals surface area contributed by atoms with E-state index in [0.29, 0.717) is 6.54 Å². The maximum Gasteiger partial charge on any atom is 0.417 e. The van der Waals surface area contributed by atoms with Gasteiger partial charge < -0.3 is 10.6 Å². The minimum absolute atomic E-state index is 0.195. The van der Waals surface area contributed by atoms with Gasteiger partial charge in [-0.25, -0.2) is 0 Å². The summed E-state index contributed by atoms with van der Waals surface area (Å²) in [5.41, 5.74) is -0.730. The highest BCUT2D eigenvalue weighted by molar-refractivity contribution is 6.31. The van der Waals surface area contributed by atoms with E-state index >= 15 is 0 Å². The van der Waals surface area contributed by atoms with Crippen molar-refractivity contribution in [1.82, 2.24) is 5.32 Å². The second-order valence-corrected chi connectivity index (χ2v) is 4.76. The Morgan fingerprint density at radius 3 is 2.60 bits per heavy atom. The van der Waals surface area contributed by atoms with Crippen LogP contribution in [0.5, 0.6) is 0 Å². The number of carbonyl (C=O) groups excluding carboxylic acids is 1. The predicted octanol–water partition coefficient (Wildman–Crippen LogP) is 3.69. The van der Waals surface area contributed by atoms with Crippen molar-refractivity contribution in [3.63, 3.8) is 0 Å². The van der Waals surface area contributed by atoms with Crippen molar-refractivity contribution >= 4 is 23.2 Å². The molecule has 0 heterocycles. The van der Waals surface area contributed by atoms with E-state index in [1.165, 1.54) is 6.07 Å². The fraction of sp³-hybridized carbons (Fsp3) is 0.462. The summed E-state index contributed by atoms with van der Waals surface area (Å²) in [5, 5.41) is 5.01. The fourth-order valence-electron chi connectivity index (χ4n) is 1.55. The van der Waals surface area contributed by atoms with Gasteiger partial charge in [-0.1, -0.05) is 18.5 Å². The highest BCUT2D eigenvalue weighted by Crippen LogP contribution is 2.36. The molecule has 2 N–H and O–H groups in total. The van der Waals surface area contributed by atoms with Crippen molar-refractivity contribution in [2.45, 2.75) is 32.5 Å². The Bertz CT molecular complexity index is 477. The molecule has 20 heavy (non-hydrogen) atoms. The van der Waals surface area contributed by atoms with Crippen LogP contribution in [0.3, 0.4) is 0 Å². The molecule has 112 valence electrons. The number of amides is 1. The molecule has 0 saturated heterocycles. The Kier molecular flexibility index (Phi) is 5.68. The maximum atomic E-state index is 12.7. The highest BCUT2D eigenvalue weighted by Gasteiger charge is 2.33. The van der Waals surface area contributed by atoms with Gasteiger partial charge in [0.05, 0.1) is 10.6 Å². The molecule has 0 saturated carbocycles. The summed E-state index contributed by atoms with van der Waals surface area (Å²) in [6, 6.07) is 2.82. The number of hydrogen-bond acceptors (Lipinski definition) is 2. The van der Waals surface area contributed by atoms with Crippen molar-refractivity contribution in [1.29, 1.82) is 0 Å². The zero-order valence-electron chi connectivity index (χ0n) is 11.1. The Morgan fingerprint density at radius 1 is 1.40 bits per heavy atom. The third-order valence-corrected chi connectivity index (χ3v) is 2.93. The Hall–Kier alpha value is -1.43. The first-order valence-electron chi connectivity index (χ1n) is 6.16. The summed E-state index contributed by atoms with van der Waals surface area (Å²) in [6.45, 7) is 4.01. The number of nitrogens with one attached hydrogen (secondary N) is 2. The molecular formula is C13H16ClF3N2O. The van der Waals surface area contributed by atoms with Crippen LogP contribution in [0.2, 0.25) is 5.02 Å². The molecular weight excluding hydrogens is 293 g/mol. The molecule has 0 spiro atoms. The average Bonchev–Trinajstić information content (AvgIpc) is 2.36. The molecule has 0 aliphatic heterocycles. The fourth-order valence-corrected chi connectivity index (χ4v) is 1.77. The van der Waals surface area contributed by atoms with E-state index in [1.54, 1.807) is 6.92 Å². The summed E-state index contributed by atoms with van der Waals surface area (Å²) in [4.78, 5) is 11.6. The minimum Gasteiger partial charge on any atom is -0.374 e. The molecule has 3 nitrogen and oxygen atoms in total. The number of rotatable bonds is 5. The van der Waals surface area contributed by atoms with Gasteiger partial charge in [0.1, 0.15) is 6.04 Å². The van der Waals surface area contributed by atoms with Gasteiger partial charge in [0.25, 0.3) is 0 Å². The van der Waals surface area contributed by atoms with Crippen LogP contribution >= 0.6 is 11.6 Å². The minimum atomic E-state index is -4.53. The van der Waals surface area contributed by atoms with E-state index in [4.69, 9.17) is 11.6 Å². The topological polar surface area (TPSA) is 41.1 Å². The van der Waals surface area contributed by atoms with E-state index in [0.717, 1.165) is 18.6 Å². The quantitative estimate of drug-likeness (QED) is 0.871. The lowest BCUT2D eigenvalue weighted by atomic mass is 10.1. The zero-order valence-corrected chi connectivity index (χ0v) is 11.9. The number of alkyl halides is 3. The van der Waals surface area contributed by atoms with Crippen LogP contribution in [0, 0.1) is 0 Å². The molecule has 1 aromatic rings. The summed E-state index contributed by atoms with van der Waals surface area (Å²) < 4.78 is 38.1. The van der Waals surface area contributed by atoms with Gasteiger partial charge in [0.15, 0.2) is 0 Å². The zero-order chi connectivity index (χ0) is 15.3. The van der Waals surface area contributed by atoms with Gasteiger partial charge in [-0.15, -0.1) is 0 Å². The number of anilines is 1. The summed E-state index contributed by atoms with van der Waals surface area (Å²) in [5.74, 6) is -0.268. The van der Waals surface area contributed by atoms with Crippen molar-refractivity contribution in [3.05, 3.63) is 28.8 Å². The molecule has 1 unspecified atom stereocenters. The monoisotopic (exact) mass is 308 g/mol. The van der Waals surface area contributed by atoms with Gasteiger partial charge in [-0.3, -0.25) is 4.79 Å². The second-order valence-electron chi connectivity index (χ2n) is 4.35. The van der Waals surface area contributed by atoms with Crippen molar-refractivity contribution in [3.8, 4) is 0 Å². The Balaban J connectivity index is 2.81. The maximum absolute atomic E-state index is 12.7. The van der Waals surface area contributed by atoms with Gasteiger partial charge in [0, 0.05) is 12.2 Å². The predicted molar refractivity (Wildman–Crippen MR) is 72.8 cm³/mol. The number of halogens is 4. The highest BCUT2D eigenvalue weighted by atomic mass is 35.5. The average molecular weight is 309 g/mol. The molecule has 0 bridgehead atoms. The van der Waals surface area contributed by atoms with E-state index in [2.05, 4.69) is 10.6 Å². The van der Waals surface area contributed by atoms with Crippen molar-refractivity contribution < 1.29 is 18.0 Å². The third kappa shape index (κ3) is 4.59. The van der Waals surface area contributed by atoms with Crippen LogP contribution in [-0.4, -0.2) is 18.5 Å². The molecule has 1 amide bonds. The molecule has 0 aliphatic carbocycles. The van der Waals surface area contributed by atoms with Crippen molar-refractivity contribution in [2.75, 3.05) is 11.9 Å². The van der Waals surface area contributed by atoms with Crippen LogP contribution in [0.15, 0.2) is 18.2 Å². The van der Waals surface area contributed by atoms with E-state index in [-0.39, 0.29) is 16.6 Å². The molecule has 1 rings (SSSR count). The molecule has 0 radical (unpaired) electrons. The van der Waals surface area contributed by atoms with Crippen LogP contribution in [0.1, 0.15) is 25.8 Å². The molecule has 1 atom stereocenters. The third-order valence-electron chi connectivity index (χ3n) is 2.60. The van der Waals surface area contributed by atoms with Crippen molar-refractivity contribution in [2.24, 2.45) is 0 Å². The largest absolute Gasteiger partial charge is 0.417 e. The van der Waals surface area contributed by atoms with Gasteiger partial charge in [0.2, 0.25) is 5.91 Å². The summed E-state index contributed by atoms with van der Waals surface area (Å²) in [6.07, 6.45) is -3.74. The number of benzene rings is 1. The lowest BCUT2D eigenvalue weighted by Crippen LogP contribution is -2.37. The first kappa shape index (κ1) is 16.6. The molecule has 0 aromatic heterocycles. The summed E-state index contributed by atoms with van der Waals surface area (Å²) >= 11 is 5.52. The van der Waals surface area contributed by atoms with Crippen LogP contribution in [-0.2, 0) is 11.0 Å². The lowest BCUT2D eigenvalue weighted by Gasteiger charge is -2.17. The Morgan fingerprint density at radius 2 is 2.05 bits per heavy atom. The molecule has 1 aromatic carbocycles. The molecule has 0 fully saturated rings. The first-order chi connectivity index (χ1) is 9.25. The van der Waals surface area contributed by atoms with Gasteiger partial charge >= 0.3 is 6.18 Å². The van der Waals surface area contributed by atoms with Gasteiger partial charge in [-0.05, 0) is 31.5 Å². The lowest BCUT2D eigenvalue weighted by molar-refractivity contribution is -0.137. The van der Waals surface area contributed by atoms with Crippen LogP contribution in [0.4, 0.5) is 18.9 Å². The molecule has 0 aliphatic rings. The van der Waals surface area contributed by atoms with Crippen LogP contribution in [0.25, 0.3) is 0 Å². The molecule has 7 heteroatoms. The standard InChI is InChI=1S/C13H16ClF3N2O/c1-3-6-18-12(20)8(2)19-9-4-5-11(14)10(7-9)13(15,16)17/h4-5,7-8,19H,3,6H2,1-2H3,(H,18,20). The second kappa shape index (κ2) is 6.83. The normalized spacial score (nSPS) is 12.9. The van der Waals surface area contributed by atoms with E-state index < -0.39 is 17.8 Å². The number of hydrogen-bond donors (Lipinski definition) is 2. The van der Waals surface area contributed by atoms with E-state index in [1.807, 2.05) is 6.92 Å². The SMILES string of the molecule is CCCNC(=O)C(C)Nc1ccc(Cl)c(C(F)(F)F)c1. The summed E-state index contributed by atoms with van der Waals surface area (Å²) in [7, 11) is 0. The first-order valence-corrected chi connectivity index (χ1v) is 6.54. The van der Waals surface area contributed by atoms with Crippen LogP contribution < -0.4 is 10.6 Å². The smallest absolute Gasteiger partial charge is 0.374 e. The Labute approximate surface area is 120 Å². The number of carbonyl (C=O) groups is 1.